The van der Waals surface area contributed by atoms with Gasteiger partial charge in [-0.3, -0.25) is 0 Å². The second kappa shape index (κ2) is 4.59. The minimum absolute atomic E-state index is 0.347. The SMILES string of the molecule is FC(F)(F)c1ccc2c(c1)NCN2C1CCOCC1. The molecule has 104 valence electrons. The van der Waals surface area contributed by atoms with Crippen LogP contribution in [0.15, 0.2) is 18.2 Å². The quantitative estimate of drug-likeness (QED) is 0.850. The number of hydrogen-bond acceptors (Lipinski definition) is 3. The van der Waals surface area contributed by atoms with Crippen LogP contribution in [-0.4, -0.2) is 25.9 Å². The van der Waals surface area contributed by atoms with E-state index in [-0.39, 0.29) is 0 Å². The molecule has 2 heterocycles. The highest BCUT2D eigenvalue weighted by molar-refractivity contribution is 5.76. The predicted octanol–water partition coefficient (Wildman–Crippen LogP) is 3.07. The van der Waals surface area contributed by atoms with Gasteiger partial charge in [0, 0.05) is 19.3 Å². The van der Waals surface area contributed by atoms with Gasteiger partial charge in [0.15, 0.2) is 0 Å². The minimum Gasteiger partial charge on any atom is -0.381 e. The molecule has 0 aliphatic carbocycles. The van der Waals surface area contributed by atoms with Crippen LogP contribution in [0.2, 0.25) is 0 Å². The van der Waals surface area contributed by atoms with Crippen molar-refractivity contribution in [2.24, 2.45) is 0 Å². The maximum atomic E-state index is 12.7. The Morgan fingerprint density at radius 3 is 2.63 bits per heavy atom. The van der Waals surface area contributed by atoms with Gasteiger partial charge in [0.1, 0.15) is 0 Å². The summed E-state index contributed by atoms with van der Waals surface area (Å²) in [5.74, 6) is 0. The first-order valence-corrected chi connectivity index (χ1v) is 6.35. The first-order valence-electron chi connectivity index (χ1n) is 6.35. The molecule has 2 aliphatic rings. The normalized spacial score (nSPS) is 20.3. The third-order valence-corrected chi connectivity index (χ3v) is 3.70. The van der Waals surface area contributed by atoms with Crippen LogP contribution < -0.4 is 10.2 Å². The average Bonchev–Trinajstić information content (AvgIpc) is 2.81. The van der Waals surface area contributed by atoms with Gasteiger partial charge in [0.25, 0.3) is 0 Å². The van der Waals surface area contributed by atoms with Gasteiger partial charge in [0.2, 0.25) is 0 Å². The van der Waals surface area contributed by atoms with Crippen molar-refractivity contribution in [3.63, 3.8) is 0 Å². The molecule has 0 spiro atoms. The van der Waals surface area contributed by atoms with Crippen LogP contribution in [0, 0.1) is 0 Å². The molecule has 1 aromatic carbocycles. The number of alkyl halides is 3. The van der Waals surface area contributed by atoms with Gasteiger partial charge in [-0.05, 0) is 31.0 Å². The number of nitrogens with one attached hydrogen (secondary N) is 1. The summed E-state index contributed by atoms with van der Waals surface area (Å²) < 4.78 is 43.3. The second-order valence-electron chi connectivity index (χ2n) is 4.88. The summed E-state index contributed by atoms with van der Waals surface area (Å²) in [6.07, 6.45) is -2.45. The van der Waals surface area contributed by atoms with E-state index in [1.54, 1.807) is 6.07 Å². The number of nitrogens with zero attached hydrogens (tertiary/aromatic N) is 1. The molecule has 0 aromatic heterocycles. The van der Waals surface area contributed by atoms with E-state index in [4.69, 9.17) is 4.74 Å². The zero-order chi connectivity index (χ0) is 13.5. The fraction of sp³-hybridized carbons (Fsp3) is 0.538. The zero-order valence-corrected chi connectivity index (χ0v) is 10.3. The van der Waals surface area contributed by atoms with Crippen molar-refractivity contribution in [1.82, 2.24) is 0 Å². The minimum atomic E-state index is -4.29. The number of anilines is 2. The molecular weight excluding hydrogens is 257 g/mol. The number of rotatable bonds is 1. The summed E-state index contributed by atoms with van der Waals surface area (Å²) in [5.41, 5.74) is 0.828. The molecule has 1 saturated heterocycles. The van der Waals surface area contributed by atoms with Gasteiger partial charge in [-0.25, -0.2) is 0 Å². The fourth-order valence-electron chi connectivity index (χ4n) is 2.68. The van der Waals surface area contributed by atoms with Crippen molar-refractivity contribution < 1.29 is 17.9 Å². The molecule has 1 aromatic rings. The van der Waals surface area contributed by atoms with Gasteiger partial charge >= 0.3 is 6.18 Å². The summed E-state index contributed by atoms with van der Waals surface area (Å²) in [6, 6.07) is 4.25. The van der Waals surface area contributed by atoms with Crippen LogP contribution in [-0.2, 0) is 10.9 Å². The molecule has 3 nitrogen and oxygen atoms in total. The molecule has 0 saturated carbocycles. The molecule has 19 heavy (non-hydrogen) atoms. The zero-order valence-electron chi connectivity index (χ0n) is 10.3. The summed E-state index contributed by atoms with van der Waals surface area (Å²) in [4.78, 5) is 2.14. The van der Waals surface area contributed by atoms with E-state index in [1.807, 2.05) is 0 Å². The number of hydrogen-bond donors (Lipinski definition) is 1. The Hall–Kier alpha value is -1.43. The Balaban J connectivity index is 1.85. The molecule has 3 rings (SSSR count). The van der Waals surface area contributed by atoms with Crippen molar-refractivity contribution in [3.05, 3.63) is 23.8 Å². The molecule has 6 heteroatoms. The largest absolute Gasteiger partial charge is 0.416 e. The Kier molecular flexibility index (Phi) is 3.05. The van der Waals surface area contributed by atoms with Gasteiger partial charge in [0.05, 0.1) is 23.6 Å². The van der Waals surface area contributed by atoms with Crippen molar-refractivity contribution >= 4 is 11.4 Å². The first-order chi connectivity index (χ1) is 9.05. The van der Waals surface area contributed by atoms with Crippen LogP contribution in [0.25, 0.3) is 0 Å². The lowest BCUT2D eigenvalue weighted by molar-refractivity contribution is -0.137. The van der Waals surface area contributed by atoms with E-state index in [0.717, 1.165) is 37.8 Å². The highest BCUT2D eigenvalue weighted by Crippen LogP contribution is 2.39. The van der Waals surface area contributed by atoms with E-state index >= 15 is 0 Å². The summed E-state index contributed by atoms with van der Waals surface area (Å²) in [7, 11) is 0. The predicted molar refractivity (Wildman–Crippen MR) is 66.3 cm³/mol. The maximum absolute atomic E-state index is 12.7. The van der Waals surface area contributed by atoms with E-state index in [2.05, 4.69) is 10.2 Å². The Labute approximate surface area is 109 Å². The number of benzene rings is 1. The maximum Gasteiger partial charge on any atom is 0.416 e. The van der Waals surface area contributed by atoms with Crippen molar-refractivity contribution in [3.8, 4) is 0 Å². The highest BCUT2D eigenvalue weighted by atomic mass is 19.4. The summed E-state index contributed by atoms with van der Waals surface area (Å²) in [6.45, 7) is 2.01. The Morgan fingerprint density at radius 2 is 1.95 bits per heavy atom. The smallest absolute Gasteiger partial charge is 0.381 e. The summed E-state index contributed by atoms with van der Waals surface area (Å²) >= 11 is 0. The fourth-order valence-corrected chi connectivity index (χ4v) is 2.68. The summed E-state index contributed by atoms with van der Waals surface area (Å²) in [5, 5.41) is 3.05. The molecule has 0 radical (unpaired) electrons. The van der Waals surface area contributed by atoms with Crippen molar-refractivity contribution in [2.45, 2.75) is 25.1 Å². The first kappa shape index (κ1) is 12.6. The van der Waals surface area contributed by atoms with E-state index in [1.165, 1.54) is 6.07 Å². The molecule has 0 amide bonds. The van der Waals surface area contributed by atoms with E-state index in [0.29, 0.717) is 18.4 Å². The van der Waals surface area contributed by atoms with Crippen LogP contribution in [0.4, 0.5) is 24.5 Å². The molecular formula is C13H15F3N2O. The topological polar surface area (TPSA) is 24.5 Å². The highest BCUT2D eigenvalue weighted by Gasteiger charge is 2.33. The second-order valence-corrected chi connectivity index (χ2v) is 4.88. The van der Waals surface area contributed by atoms with Crippen LogP contribution in [0.3, 0.4) is 0 Å². The van der Waals surface area contributed by atoms with Crippen LogP contribution in [0.1, 0.15) is 18.4 Å². The monoisotopic (exact) mass is 272 g/mol. The van der Waals surface area contributed by atoms with Gasteiger partial charge in [-0.1, -0.05) is 0 Å². The van der Waals surface area contributed by atoms with Crippen LogP contribution >= 0.6 is 0 Å². The third kappa shape index (κ3) is 2.36. The lowest BCUT2D eigenvalue weighted by Gasteiger charge is -2.32. The number of halogens is 3. The average molecular weight is 272 g/mol. The molecule has 1 fully saturated rings. The van der Waals surface area contributed by atoms with Gasteiger partial charge in [-0.15, -0.1) is 0 Å². The third-order valence-electron chi connectivity index (χ3n) is 3.70. The molecule has 0 bridgehead atoms. The number of ether oxygens (including phenoxy) is 1. The van der Waals surface area contributed by atoms with E-state index in [9.17, 15) is 13.2 Å². The Bertz CT molecular complexity index is 469. The van der Waals surface area contributed by atoms with Gasteiger partial charge < -0.3 is 15.0 Å². The standard InChI is InChI=1S/C13H15F3N2O/c14-13(15,16)9-1-2-12-11(7-9)17-8-18(12)10-3-5-19-6-4-10/h1-2,7,10,17H,3-6,8H2. The lowest BCUT2D eigenvalue weighted by Crippen LogP contribution is -2.39. The Morgan fingerprint density at radius 1 is 1.21 bits per heavy atom. The lowest BCUT2D eigenvalue weighted by atomic mass is 10.1. The molecule has 2 aliphatic heterocycles. The molecule has 0 unspecified atom stereocenters. The molecule has 0 atom stereocenters. The van der Waals surface area contributed by atoms with Gasteiger partial charge in [-0.2, -0.15) is 13.2 Å². The van der Waals surface area contributed by atoms with Crippen molar-refractivity contribution in [1.29, 1.82) is 0 Å². The van der Waals surface area contributed by atoms with E-state index < -0.39 is 11.7 Å². The molecule has 1 N–H and O–H groups in total. The van der Waals surface area contributed by atoms with Crippen LogP contribution in [0.5, 0.6) is 0 Å². The van der Waals surface area contributed by atoms with Crippen molar-refractivity contribution in [2.75, 3.05) is 30.1 Å². The number of fused-ring (bicyclic) bond motifs is 1.